The number of thiophene rings is 1. The van der Waals surface area contributed by atoms with E-state index < -0.39 is 0 Å². The number of rotatable bonds is 1. The first-order valence-electron chi connectivity index (χ1n) is 3.91. The molecule has 2 heterocycles. The molecule has 1 fully saturated rings. The molecule has 12 heavy (non-hydrogen) atoms. The van der Waals surface area contributed by atoms with Gasteiger partial charge in [0.05, 0.1) is 0 Å². The molecule has 1 aromatic heterocycles. The predicted octanol–water partition coefficient (Wildman–Crippen LogP) is 0.509. The highest BCUT2D eigenvalue weighted by molar-refractivity contribution is 7.08. The number of carbonyl (C=O) groups is 1. The molecule has 0 aliphatic carbocycles. The van der Waals surface area contributed by atoms with Gasteiger partial charge in [0.25, 0.3) is 0 Å². The average Bonchev–Trinajstić information content (AvgIpc) is 2.57. The Morgan fingerprint density at radius 2 is 2.42 bits per heavy atom. The van der Waals surface area contributed by atoms with Gasteiger partial charge in [-0.3, -0.25) is 4.79 Å². The first-order chi connectivity index (χ1) is 5.88. The van der Waals surface area contributed by atoms with Crippen LogP contribution >= 0.6 is 11.3 Å². The fraction of sp³-hybridized carbons (Fsp3) is 0.375. The van der Waals surface area contributed by atoms with Crippen LogP contribution in [0, 0.1) is 0 Å². The van der Waals surface area contributed by atoms with Crippen LogP contribution in [0.2, 0.25) is 0 Å². The summed E-state index contributed by atoms with van der Waals surface area (Å²) in [7, 11) is 0. The Morgan fingerprint density at radius 3 is 3.08 bits per heavy atom. The van der Waals surface area contributed by atoms with E-state index in [0.29, 0.717) is 0 Å². The summed E-state index contributed by atoms with van der Waals surface area (Å²) in [4.78, 5) is 11.3. The topological polar surface area (TPSA) is 41.1 Å². The van der Waals surface area contributed by atoms with E-state index in [9.17, 15) is 4.79 Å². The molecular formula is C8H10N2OS. The van der Waals surface area contributed by atoms with Gasteiger partial charge in [-0.15, -0.1) is 0 Å². The van der Waals surface area contributed by atoms with E-state index >= 15 is 0 Å². The van der Waals surface area contributed by atoms with Crippen molar-refractivity contribution < 1.29 is 4.79 Å². The van der Waals surface area contributed by atoms with Gasteiger partial charge in [-0.25, -0.2) is 0 Å². The van der Waals surface area contributed by atoms with Crippen LogP contribution in [0.3, 0.4) is 0 Å². The van der Waals surface area contributed by atoms with E-state index in [1.165, 1.54) is 0 Å². The molecule has 1 atom stereocenters. The van der Waals surface area contributed by atoms with Crippen LogP contribution in [0.4, 0.5) is 0 Å². The second kappa shape index (κ2) is 3.25. The minimum Gasteiger partial charge on any atom is -0.353 e. The summed E-state index contributed by atoms with van der Waals surface area (Å²) in [6, 6.07) is 1.85. The molecule has 3 nitrogen and oxygen atoms in total. The maximum absolute atomic E-state index is 11.3. The van der Waals surface area contributed by atoms with E-state index in [4.69, 9.17) is 0 Å². The zero-order valence-electron chi connectivity index (χ0n) is 6.54. The summed E-state index contributed by atoms with van der Waals surface area (Å²) >= 11 is 1.62. The van der Waals surface area contributed by atoms with Crippen molar-refractivity contribution in [3.05, 3.63) is 22.4 Å². The lowest BCUT2D eigenvalue weighted by molar-refractivity contribution is -0.124. The lowest BCUT2D eigenvalue weighted by atomic mass is 10.1. The van der Waals surface area contributed by atoms with Gasteiger partial charge in [0.15, 0.2) is 0 Å². The Bertz CT molecular complexity index is 271. The normalized spacial score (nSPS) is 23.7. The SMILES string of the molecule is O=C1NCCNC1c1ccsc1. The average molecular weight is 182 g/mol. The van der Waals surface area contributed by atoms with Gasteiger partial charge >= 0.3 is 0 Å². The molecule has 0 radical (unpaired) electrons. The number of hydrogen-bond donors (Lipinski definition) is 2. The van der Waals surface area contributed by atoms with Crippen LogP contribution in [0.25, 0.3) is 0 Å². The monoisotopic (exact) mass is 182 g/mol. The first kappa shape index (κ1) is 7.76. The Morgan fingerprint density at radius 1 is 1.50 bits per heavy atom. The highest BCUT2D eigenvalue weighted by Gasteiger charge is 2.22. The third kappa shape index (κ3) is 1.35. The van der Waals surface area contributed by atoms with Crippen LogP contribution in [-0.4, -0.2) is 19.0 Å². The maximum Gasteiger partial charge on any atom is 0.241 e. The van der Waals surface area contributed by atoms with Gasteiger partial charge in [-0.2, -0.15) is 11.3 Å². The standard InChI is InChI=1S/C8H10N2OS/c11-8-7(9-2-3-10-8)6-1-4-12-5-6/h1,4-5,7,9H,2-3H2,(H,10,11). The first-order valence-corrected chi connectivity index (χ1v) is 4.85. The lowest BCUT2D eigenvalue weighted by Gasteiger charge is -2.22. The lowest BCUT2D eigenvalue weighted by Crippen LogP contribution is -2.47. The molecular weight excluding hydrogens is 172 g/mol. The summed E-state index contributed by atoms with van der Waals surface area (Å²) < 4.78 is 0. The van der Waals surface area contributed by atoms with Crippen LogP contribution in [0.5, 0.6) is 0 Å². The molecule has 0 saturated carbocycles. The van der Waals surface area contributed by atoms with Crippen molar-refractivity contribution in [2.45, 2.75) is 6.04 Å². The maximum atomic E-state index is 11.3. The Labute approximate surface area is 74.8 Å². The van der Waals surface area contributed by atoms with Crippen LogP contribution in [-0.2, 0) is 4.79 Å². The predicted molar refractivity (Wildman–Crippen MR) is 48.1 cm³/mol. The molecule has 1 unspecified atom stereocenters. The molecule has 0 bridgehead atoms. The van der Waals surface area contributed by atoms with E-state index in [1.54, 1.807) is 11.3 Å². The number of nitrogens with one attached hydrogen (secondary N) is 2. The quantitative estimate of drug-likeness (QED) is 0.664. The van der Waals surface area contributed by atoms with Crippen molar-refractivity contribution >= 4 is 17.2 Å². The zero-order chi connectivity index (χ0) is 8.39. The minimum atomic E-state index is -0.134. The smallest absolute Gasteiger partial charge is 0.241 e. The van der Waals surface area contributed by atoms with Crippen LogP contribution < -0.4 is 10.6 Å². The van der Waals surface area contributed by atoms with Gasteiger partial charge in [0, 0.05) is 13.1 Å². The Hall–Kier alpha value is -0.870. The summed E-state index contributed by atoms with van der Waals surface area (Å²) in [5.74, 6) is 0.0830. The summed E-state index contributed by atoms with van der Waals surface area (Å²) in [6.45, 7) is 1.59. The molecule has 1 saturated heterocycles. The Balaban J connectivity index is 2.17. The molecule has 64 valence electrons. The van der Waals surface area contributed by atoms with Gasteiger partial charge < -0.3 is 10.6 Å². The Kier molecular flexibility index (Phi) is 2.10. The highest BCUT2D eigenvalue weighted by Crippen LogP contribution is 2.17. The summed E-state index contributed by atoms with van der Waals surface area (Å²) in [5, 5.41) is 9.98. The fourth-order valence-corrected chi connectivity index (χ4v) is 1.99. The van der Waals surface area contributed by atoms with Crippen molar-refractivity contribution in [2.75, 3.05) is 13.1 Å². The molecule has 0 aromatic carbocycles. The van der Waals surface area contributed by atoms with Crippen molar-refractivity contribution in [1.82, 2.24) is 10.6 Å². The van der Waals surface area contributed by atoms with Gasteiger partial charge in [0.1, 0.15) is 6.04 Å². The van der Waals surface area contributed by atoms with Gasteiger partial charge in [0.2, 0.25) is 5.91 Å². The van der Waals surface area contributed by atoms with Crippen LogP contribution in [0.1, 0.15) is 11.6 Å². The number of amides is 1. The second-order valence-corrected chi connectivity index (χ2v) is 3.51. The summed E-state index contributed by atoms with van der Waals surface area (Å²) in [6.07, 6.45) is 0. The molecule has 2 N–H and O–H groups in total. The second-order valence-electron chi connectivity index (χ2n) is 2.73. The van der Waals surface area contributed by atoms with E-state index in [-0.39, 0.29) is 11.9 Å². The molecule has 1 aliphatic rings. The van der Waals surface area contributed by atoms with Gasteiger partial charge in [-0.05, 0) is 22.4 Å². The van der Waals surface area contributed by atoms with E-state index in [1.807, 2.05) is 16.8 Å². The van der Waals surface area contributed by atoms with Crippen molar-refractivity contribution in [2.24, 2.45) is 0 Å². The third-order valence-electron chi connectivity index (χ3n) is 1.91. The fourth-order valence-electron chi connectivity index (χ4n) is 1.31. The summed E-state index contributed by atoms with van der Waals surface area (Å²) in [5.41, 5.74) is 1.07. The number of carbonyl (C=O) groups excluding carboxylic acids is 1. The van der Waals surface area contributed by atoms with Crippen molar-refractivity contribution in [1.29, 1.82) is 0 Å². The highest BCUT2D eigenvalue weighted by atomic mass is 32.1. The number of piperazine rings is 1. The largest absolute Gasteiger partial charge is 0.353 e. The van der Waals surface area contributed by atoms with Crippen molar-refractivity contribution in [3.8, 4) is 0 Å². The van der Waals surface area contributed by atoms with E-state index in [0.717, 1.165) is 18.7 Å². The molecule has 0 spiro atoms. The third-order valence-corrected chi connectivity index (χ3v) is 2.61. The number of hydrogen-bond acceptors (Lipinski definition) is 3. The van der Waals surface area contributed by atoms with Gasteiger partial charge in [-0.1, -0.05) is 0 Å². The van der Waals surface area contributed by atoms with E-state index in [2.05, 4.69) is 10.6 Å². The molecule has 2 rings (SSSR count). The minimum absolute atomic E-state index is 0.0830. The van der Waals surface area contributed by atoms with Crippen LogP contribution in [0.15, 0.2) is 16.8 Å². The zero-order valence-corrected chi connectivity index (χ0v) is 7.36. The van der Waals surface area contributed by atoms with Crippen molar-refractivity contribution in [3.63, 3.8) is 0 Å². The molecule has 4 heteroatoms. The molecule has 1 aromatic rings. The molecule has 1 amide bonds. The molecule has 1 aliphatic heterocycles.